The average Bonchev–Trinajstić information content (AvgIpc) is 3.73. The summed E-state index contributed by atoms with van der Waals surface area (Å²) < 4.78 is 39.1. The highest BCUT2D eigenvalue weighted by Crippen LogP contribution is 2.41. The van der Waals surface area contributed by atoms with Gasteiger partial charge in [-0.15, -0.1) is 0 Å². The topological polar surface area (TPSA) is 104 Å². The Hall–Kier alpha value is -3.64. The number of aryl methyl sites for hydroxylation is 1. The minimum Gasteiger partial charge on any atom is -0.508 e. The first-order valence-electron chi connectivity index (χ1n) is 15.0. The predicted octanol–water partition coefficient (Wildman–Crippen LogP) is 3.64. The number of imidazole rings is 1. The van der Waals surface area contributed by atoms with Gasteiger partial charge in [0.25, 0.3) is 0 Å². The molecular weight excluding hydrogens is 542 g/mol. The molecule has 0 amide bonds. The van der Waals surface area contributed by atoms with Gasteiger partial charge in [0.2, 0.25) is 0 Å². The van der Waals surface area contributed by atoms with Crippen LogP contribution < -0.4 is 15.0 Å². The third-order valence-corrected chi connectivity index (χ3v) is 9.63. The summed E-state index contributed by atoms with van der Waals surface area (Å²) in [5.74, 6) is 0.702. The van der Waals surface area contributed by atoms with Gasteiger partial charge in [-0.05, 0) is 32.2 Å². The van der Waals surface area contributed by atoms with Gasteiger partial charge in [0.1, 0.15) is 41.4 Å². The number of hydrogen-bond donors (Lipinski definition) is 2. The van der Waals surface area contributed by atoms with Gasteiger partial charge in [0, 0.05) is 62.9 Å². The lowest BCUT2D eigenvalue weighted by Gasteiger charge is -2.34. The van der Waals surface area contributed by atoms with Crippen molar-refractivity contribution in [2.45, 2.75) is 69.2 Å². The van der Waals surface area contributed by atoms with Gasteiger partial charge in [-0.1, -0.05) is 6.92 Å². The number of halogens is 2. The van der Waals surface area contributed by atoms with Gasteiger partial charge in [-0.3, -0.25) is 14.3 Å². The van der Waals surface area contributed by atoms with Crippen LogP contribution in [-0.2, 0) is 6.42 Å². The Bertz CT molecular complexity index is 1690. The molecule has 8 rings (SSSR count). The summed E-state index contributed by atoms with van der Waals surface area (Å²) in [6, 6.07) is 3.86. The van der Waals surface area contributed by atoms with E-state index >= 15 is 4.39 Å². The second-order valence-electron chi connectivity index (χ2n) is 12.3. The zero-order valence-electron chi connectivity index (χ0n) is 23.6. The molecule has 0 unspecified atom stereocenters. The second-order valence-corrected chi connectivity index (χ2v) is 12.3. The first-order chi connectivity index (χ1) is 20.4. The predicted molar refractivity (Wildman–Crippen MR) is 153 cm³/mol. The minimum absolute atomic E-state index is 0.00635. The highest BCUT2D eigenvalue weighted by atomic mass is 19.1. The SMILES string of the molecule is CCc1ncc2cc(O)cc(-c3ncc4c(N5C[C@H]6CC[C@@H](C5)N6)nc(OC[C@@]56CCCN5C[C@H](F)C6)nc4c3F)n12. The summed E-state index contributed by atoms with van der Waals surface area (Å²) in [6.07, 6.45) is 7.48. The Morgan fingerprint density at radius 2 is 1.95 bits per heavy atom. The molecule has 12 heteroatoms. The van der Waals surface area contributed by atoms with Gasteiger partial charge in [-0.2, -0.15) is 9.97 Å². The van der Waals surface area contributed by atoms with Crippen LogP contribution in [0.25, 0.3) is 27.8 Å². The lowest BCUT2D eigenvalue weighted by molar-refractivity contribution is 0.107. The van der Waals surface area contributed by atoms with E-state index in [-0.39, 0.29) is 35.1 Å². The molecule has 4 fully saturated rings. The summed E-state index contributed by atoms with van der Waals surface area (Å²) in [7, 11) is 0. The van der Waals surface area contributed by atoms with Crippen molar-refractivity contribution >= 4 is 22.2 Å². The van der Waals surface area contributed by atoms with Crippen molar-refractivity contribution in [1.29, 1.82) is 0 Å². The van der Waals surface area contributed by atoms with Crippen LogP contribution in [0.5, 0.6) is 11.8 Å². The molecule has 4 saturated heterocycles. The molecule has 220 valence electrons. The van der Waals surface area contributed by atoms with E-state index in [0.717, 1.165) is 51.1 Å². The lowest BCUT2D eigenvalue weighted by Crippen LogP contribution is -2.51. The Morgan fingerprint density at radius 1 is 1.12 bits per heavy atom. The van der Waals surface area contributed by atoms with Crippen molar-refractivity contribution in [2.75, 3.05) is 37.7 Å². The molecule has 0 aromatic carbocycles. The number of aromatic hydroxyl groups is 1. The molecule has 4 aromatic rings. The number of nitrogens with one attached hydrogen (secondary N) is 1. The number of nitrogens with zero attached hydrogens (tertiary/aromatic N) is 7. The van der Waals surface area contributed by atoms with E-state index in [0.29, 0.717) is 53.9 Å². The van der Waals surface area contributed by atoms with Crippen molar-refractivity contribution < 1.29 is 18.6 Å². The van der Waals surface area contributed by atoms with Crippen LogP contribution in [-0.4, -0.2) is 90.9 Å². The van der Waals surface area contributed by atoms with Crippen LogP contribution >= 0.6 is 0 Å². The Labute approximate surface area is 241 Å². The highest BCUT2D eigenvalue weighted by molar-refractivity contribution is 5.92. The number of anilines is 1. The molecule has 0 spiro atoms. The van der Waals surface area contributed by atoms with Crippen LogP contribution in [0, 0.1) is 5.82 Å². The summed E-state index contributed by atoms with van der Waals surface area (Å²) in [5, 5.41) is 14.6. The standard InChI is InChI=1S/C30H34F2N8O2/c1-2-24-33-11-20-8-21(41)9-23(40(20)24)27-25(32)26-22(12-34-27)28(38-14-18-4-5-19(15-38)35-18)37-29(36-26)42-16-30-6-3-7-39(30)13-17(31)10-30/h8-9,11-12,17-19,35,41H,2-7,10,13-16H2,1H3/t17-,18-,19+,30+/m1/s1. The molecule has 42 heavy (non-hydrogen) atoms. The number of ether oxygens (including phenoxy) is 1. The number of fused-ring (bicyclic) bond motifs is 5. The molecule has 4 aliphatic rings. The summed E-state index contributed by atoms with van der Waals surface area (Å²) >= 11 is 0. The average molecular weight is 577 g/mol. The maximum Gasteiger partial charge on any atom is 0.319 e. The molecule has 10 nitrogen and oxygen atoms in total. The van der Waals surface area contributed by atoms with Gasteiger partial charge in [0.15, 0.2) is 5.82 Å². The van der Waals surface area contributed by atoms with E-state index in [1.165, 1.54) is 6.07 Å². The fourth-order valence-corrected chi connectivity index (χ4v) is 7.73. The van der Waals surface area contributed by atoms with E-state index in [1.54, 1.807) is 18.5 Å². The van der Waals surface area contributed by atoms with E-state index in [1.807, 2.05) is 11.3 Å². The zero-order chi connectivity index (χ0) is 28.6. The van der Waals surface area contributed by atoms with Crippen molar-refractivity contribution in [3.05, 3.63) is 36.2 Å². The van der Waals surface area contributed by atoms with E-state index in [2.05, 4.69) is 30.1 Å². The quantitative estimate of drug-likeness (QED) is 0.356. The van der Waals surface area contributed by atoms with Crippen molar-refractivity contribution in [3.8, 4) is 23.1 Å². The van der Waals surface area contributed by atoms with Gasteiger partial charge >= 0.3 is 6.01 Å². The number of aromatic nitrogens is 5. The molecule has 0 aliphatic carbocycles. The number of rotatable bonds is 6. The van der Waals surface area contributed by atoms with Crippen LogP contribution in [0.3, 0.4) is 0 Å². The fourth-order valence-electron chi connectivity index (χ4n) is 7.73. The number of pyridine rings is 2. The lowest BCUT2D eigenvalue weighted by atomic mass is 9.95. The molecule has 4 aliphatic heterocycles. The van der Waals surface area contributed by atoms with Crippen molar-refractivity contribution in [2.24, 2.45) is 0 Å². The normalized spacial score (nSPS) is 27.4. The number of alkyl halides is 1. The molecule has 2 N–H and O–H groups in total. The molecular formula is C30H34F2N8O2. The molecule has 4 atom stereocenters. The van der Waals surface area contributed by atoms with Crippen molar-refractivity contribution in [3.63, 3.8) is 0 Å². The Kier molecular flexibility index (Phi) is 6.01. The fraction of sp³-hybridized carbons (Fsp3) is 0.533. The van der Waals surface area contributed by atoms with E-state index in [4.69, 9.17) is 9.72 Å². The molecule has 4 aromatic heterocycles. The molecule has 8 heterocycles. The molecule has 0 radical (unpaired) electrons. The van der Waals surface area contributed by atoms with E-state index < -0.39 is 12.0 Å². The van der Waals surface area contributed by atoms with Gasteiger partial charge < -0.3 is 20.1 Å². The van der Waals surface area contributed by atoms with Crippen LogP contribution in [0.15, 0.2) is 24.5 Å². The van der Waals surface area contributed by atoms with Crippen molar-refractivity contribution in [1.82, 2.24) is 34.6 Å². The zero-order valence-corrected chi connectivity index (χ0v) is 23.6. The Balaban J connectivity index is 1.25. The van der Waals surface area contributed by atoms with Gasteiger partial charge in [-0.25, -0.2) is 13.8 Å². The minimum atomic E-state index is -0.875. The summed E-state index contributed by atoms with van der Waals surface area (Å²) in [5.41, 5.74) is 0.830. The maximum absolute atomic E-state index is 16.6. The largest absolute Gasteiger partial charge is 0.508 e. The molecule has 2 bridgehead atoms. The Morgan fingerprint density at radius 3 is 2.76 bits per heavy atom. The summed E-state index contributed by atoms with van der Waals surface area (Å²) in [4.78, 5) is 22.8. The smallest absolute Gasteiger partial charge is 0.319 e. The number of piperazine rings is 1. The number of hydrogen-bond acceptors (Lipinski definition) is 9. The second kappa shape index (κ2) is 9.70. The third kappa shape index (κ3) is 4.10. The molecule has 0 saturated carbocycles. The monoisotopic (exact) mass is 576 g/mol. The van der Waals surface area contributed by atoms with Crippen LogP contribution in [0.1, 0.15) is 44.9 Å². The van der Waals surface area contributed by atoms with Gasteiger partial charge in [0.05, 0.1) is 28.3 Å². The first kappa shape index (κ1) is 26.0. The third-order valence-electron chi connectivity index (χ3n) is 9.63. The highest BCUT2D eigenvalue weighted by Gasteiger charge is 2.49. The van der Waals surface area contributed by atoms with E-state index in [9.17, 15) is 9.50 Å². The van der Waals surface area contributed by atoms with Crippen LogP contribution in [0.2, 0.25) is 0 Å². The maximum atomic E-state index is 16.6. The summed E-state index contributed by atoms with van der Waals surface area (Å²) in [6.45, 7) is 5.00. The first-order valence-corrected chi connectivity index (χ1v) is 15.0. The van der Waals surface area contributed by atoms with Crippen LogP contribution in [0.4, 0.5) is 14.6 Å².